The van der Waals surface area contributed by atoms with Crippen molar-refractivity contribution in [2.45, 2.75) is 57.1 Å². The van der Waals surface area contributed by atoms with Gasteiger partial charge in [0.15, 0.2) is 0 Å². The monoisotopic (exact) mass is 338 g/mol. The van der Waals surface area contributed by atoms with Gasteiger partial charge < -0.3 is 10.1 Å². The van der Waals surface area contributed by atoms with Gasteiger partial charge in [0.1, 0.15) is 6.10 Å². The summed E-state index contributed by atoms with van der Waals surface area (Å²) in [6.07, 6.45) is 8.28. The molecule has 1 amide bonds. The van der Waals surface area contributed by atoms with Gasteiger partial charge in [-0.15, -0.1) is 0 Å². The normalized spacial score (nSPS) is 20.0. The van der Waals surface area contributed by atoms with E-state index >= 15 is 0 Å². The molecule has 1 heterocycles. The summed E-state index contributed by atoms with van der Waals surface area (Å²) in [4.78, 5) is 16.3. The van der Waals surface area contributed by atoms with E-state index in [4.69, 9.17) is 4.74 Å². The van der Waals surface area contributed by atoms with Gasteiger partial charge in [0.25, 0.3) is 0 Å². The van der Waals surface area contributed by atoms with Crippen LogP contribution >= 0.6 is 0 Å². The molecule has 1 aromatic heterocycles. The lowest BCUT2D eigenvalue weighted by molar-refractivity contribution is -0.122. The molecule has 2 aromatic rings. The number of ether oxygens (including phenoxy) is 1. The van der Waals surface area contributed by atoms with Crippen molar-refractivity contribution in [2.75, 3.05) is 0 Å². The molecule has 1 aromatic carbocycles. The van der Waals surface area contributed by atoms with Crippen LogP contribution in [0.25, 0.3) is 0 Å². The SMILES string of the molecule is O=C(CCCc1ccccc1)NC1CCC(Oc2ccccn2)CC1. The Kier molecular flexibility index (Phi) is 6.43. The number of aryl methyl sites for hydroxylation is 1. The smallest absolute Gasteiger partial charge is 0.220 e. The molecule has 1 fully saturated rings. The van der Waals surface area contributed by atoms with E-state index in [-0.39, 0.29) is 18.1 Å². The molecular weight excluding hydrogens is 312 g/mol. The first-order valence-corrected chi connectivity index (χ1v) is 9.20. The third kappa shape index (κ3) is 5.89. The Hall–Kier alpha value is -2.36. The van der Waals surface area contributed by atoms with Crippen LogP contribution in [-0.2, 0) is 11.2 Å². The van der Waals surface area contributed by atoms with E-state index in [1.807, 2.05) is 36.4 Å². The Balaban J connectivity index is 1.32. The zero-order valence-corrected chi connectivity index (χ0v) is 14.6. The number of carbonyl (C=O) groups excluding carboxylic acids is 1. The first kappa shape index (κ1) is 17.5. The molecule has 0 radical (unpaired) electrons. The van der Waals surface area contributed by atoms with Gasteiger partial charge in [-0.1, -0.05) is 36.4 Å². The van der Waals surface area contributed by atoms with Gasteiger partial charge >= 0.3 is 0 Å². The van der Waals surface area contributed by atoms with E-state index in [2.05, 4.69) is 22.4 Å². The lowest BCUT2D eigenvalue weighted by atomic mass is 9.92. The molecule has 0 atom stereocenters. The van der Waals surface area contributed by atoms with Crippen LogP contribution in [0.2, 0.25) is 0 Å². The predicted molar refractivity (Wildman–Crippen MR) is 98.4 cm³/mol. The largest absolute Gasteiger partial charge is 0.474 e. The minimum atomic E-state index is 0.171. The van der Waals surface area contributed by atoms with Crippen LogP contribution in [-0.4, -0.2) is 23.0 Å². The van der Waals surface area contributed by atoms with Crippen LogP contribution in [0.1, 0.15) is 44.1 Å². The predicted octanol–water partition coefficient (Wildman–Crippen LogP) is 3.91. The third-order valence-corrected chi connectivity index (χ3v) is 4.68. The number of amides is 1. The first-order chi connectivity index (χ1) is 12.3. The zero-order valence-electron chi connectivity index (χ0n) is 14.6. The highest BCUT2D eigenvalue weighted by Gasteiger charge is 2.23. The van der Waals surface area contributed by atoms with Crippen LogP contribution in [0.15, 0.2) is 54.7 Å². The van der Waals surface area contributed by atoms with E-state index < -0.39 is 0 Å². The number of rotatable bonds is 7. The van der Waals surface area contributed by atoms with Crippen LogP contribution in [0.5, 0.6) is 5.88 Å². The van der Waals surface area contributed by atoms with Crippen LogP contribution in [0.4, 0.5) is 0 Å². The van der Waals surface area contributed by atoms with E-state index in [0.29, 0.717) is 12.3 Å². The fourth-order valence-electron chi connectivity index (χ4n) is 3.31. The summed E-state index contributed by atoms with van der Waals surface area (Å²) >= 11 is 0. The number of hydrogen-bond acceptors (Lipinski definition) is 3. The number of nitrogens with zero attached hydrogens (tertiary/aromatic N) is 1. The van der Waals surface area contributed by atoms with Crippen molar-refractivity contribution in [3.05, 3.63) is 60.3 Å². The highest BCUT2D eigenvalue weighted by atomic mass is 16.5. The molecule has 3 rings (SSSR count). The summed E-state index contributed by atoms with van der Waals surface area (Å²) < 4.78 is 5.90. The molecule has 132 valence electrons. The summed E-state index contributed by atoms with van der Waals surface area (Å²) in [6.45, 7) is 0. The number of aromatic nitrogens is 1. The van der Waals surface area contributed by atoms with Crippen molar-refractivity contribution in [3.63, 3.8) is 0 Å². The highest BCUT2D eigenvalue weighted by Crippen LogP contribution is 2.22. The van der Waals surface area contributed by atoms with Gasteiger partial charge in [0.2, 0.25) is 11.8 Å². The molecule has 1 N–H and O–H groups in total. The van der Waals surface area contributed by atoms with E-state index in [0.717, 1.165) is 38.5 Å². The molecule has 4 heteroatoms. The van der Waals surface area contributed by atoms with Crippen molar-refractivity contribution in [2.24, 2.45) is 0 Å². The lowest BCUT2D eigenvalue weighted by Crippen LogP contribution is -2.39. The highest BCUT2D eigenvalue weighted by molar-refractivity contribution is 5.76. The average molecular weight is 338 g/mol. The van der Waals surface area contributed by atoms with Gasteiger partial charge in [0, 0.05) is 24.7 Å². The molecule has 1 aliphatic rings. The van der Waals surface area contributed by atoms with Gasteiger partial charge in [-0.25, -0.2) is 4.98 Å². The van der Waals surface area contributed by atoms with Gasteiger partial charge in [0.05, 0.1) is 0 Å². The molecule has 0 saturated heterocycles. The molecular formula is C21H26N2O2. The standard InChI is InChI=1S/C21H26N2O2/c24-20(10-6-9-17-7-2-1-3-8-17)23-18-12-14-19(15-13-18)25-21-11-4-5-16-22-21/h1-5,7-8,11,16,18-19H,6,9-10,12-15H2,(H,23,24). The van der Waals surface area contributed by atoms with Gasteiger partial charge in [-0.2, -0.15) is 0 Å². The molecule has 25 heavy (non-hydrogen) atoms. The molecule has 0 unspecified atom stereocenters. The van der Waals surface area contributed by atoms with E-state index in [1.165, 1.54) is 5.56 Å². The van der Waals surface area contributed by atoms with Crippen molar-refractivity contribution in [1.82, 2.24) is 10.3 Å². The Morgan fingerprint density at radius 3 is 2.52 bits per heavy atom. The maximum absolute atomic E-state index is 12.1. The lowest BCUT2D eigenvalue weighted by Gasteiger charge is -2.29. The number of benzene rings is 1. The fraction of sp³-hybridized carbons (Fsp3) is 0.429. The fourth-order valence-corrected chi connectivity index (χ4v) is 3.31. The second-order valence-corrected chi connectivity index (χ2v) is 6.67. The Bertz CT molecular complexity index is 637. The van der Waals surface area contributed by atoms with Crippen LogP contribution in [0, 0.1) is 0 Å². The molecule has 0 spiro atoms. The molecule has 0 aliphatic heterocycles. The first-order valence-electron chi connectivity index (χ1n) is 9.20. The van der Waals surface area contributed by atoms with E-state index in [1.54, 1.807) is 6.20 Å². The number of pyridine rings is 1. The number of nitrogens with one attached hydrogen (secondary N) is 1. The van der Waals surface area contributed by atoms with Crippen LogP contribution < -0.4 is 10.1 Å². The summed E-state index contributed by atoms with van der Waals surface area (Å²) in [5, 5.41) is 3.18. The van der Waals surface area contributed by atoms with Gasteiger partial charge in [-0.3, -0.25) is 4.79 Å². The minimum Gasteiger partial charge on any atom is -0.474 e. The number of hydrogen-bond donors (Lipinski definition) is 1. The average Bonchev–Trinajstić information content (AvgIpc) is 2.65. The zero-order chi connectivity index (χ0) is 17.3. The second kappa shape index (κ2) is 9.21. The van der Waals surface area contributed by atoms with E-state index in [9.17, 15) is 4.79 Å². The molecule has 0 bridgehead atoms. The second-order valence-electron chi connectivity index (χ2n) is 6.67. The van der Waals surface area contributed by atoms with Crippen LogP contribution in [0.3, 0.4) is 0 Å². The summed E-state index contributed by atoms with van der Waals surface area (Å²) in [5.41, 5.74) is 1.29. The minimum absolute atomic E-state index is 0.171. The van der Waals surface area contributed by atoms with Crippen molar-refractivity contribution in [1.29, 1.82) is 0 Å². The molecule has 4 nitrogen and oxygen atoms in total. The van der Waals surface area contributed by atoms with Gasteiger partial charge in [-0.05, 0) is 50.2 Å². The third-order valence-electron chi connectivity index (χ3n) is 4.68. The Morgan fingerprint density at radius 2 is 1.80 bits per heavy atom. The summed E-state index contributed by atoms with van der Waals surface area (Å²) in [7, 11) is 0. The maximum atomic E-state index is 12.1. The Labute approximate surface area is 149 Å². The maximum Gasteiger partial charge on any atom is 0.220 e. The van der Waals surface area contributed by atoms with Crippen molar-refractivity contribution < 1.29 is 9.53 Å². The topological polar surface area (TPSA) is 51.2 Å². The number of carbonyl (C=O) groups is 1. The molecule has 1 aliphatic carbocycles. The summed E-state index contributed by atoms with van der Waals surface area (Å²) in [6, 6.07) is 16.3. The quantitative estimate of drug-likeness (QED) is 0.833. The van der Waals surface area contributed by atoms with Crippen molar-refractivity contribution in [3.8, 4) is 5.88 Å². The van der Waals surface area contributed by atoms with Crippen molar-refractivity contribution >= 4 is 5.91 Å². The molecule has 1 saturated carbocycles. The Morgan fingerprint density at radius 1 is 1.04 bits per heavy atom. The summed E-state index contributed by atoms with van der Waals surface area (Å²) in [5.74, 6) is 0.862.